The van der Waals surface area contributed by atoms with E-state index in [0.717, 1.165) is 17.7 Å². The van der Waals surface area contributed by atoms with Crippen LogP contribution in [-0.4, -0.2) is 17.7 Å². The van der Waals surface area contributed by atoms with Gasteiger partial charge in [-0.25, -0.2) is 4.79 Å². The number of aromatic carboxylic acids is 1. The molecule has 1 aromatic heterocycles. The maximum Gasteiger partial charge on any atom is 0.349 e. The first-order chi connectivity index (χ1) is 9.57. The summed E-state index contributed by atoms with van der Waals surface area (Å²) in [5, 5.41) is 18.2. The summed E-state index contributed by atoms with van der Waals surface area (Å²) < 4.78 is 5.63. The van der Waals surface area contributed by atoms with Gasteiger partial charge in [-0.2, -0.15) is 5.26 Å². The second kappa shape index (κ2) is 6.48. The molecule has 116 valence electrons. The maximum absolute atomic E-state index is 11.3. The lowest BCUT2D eigenvalue weighted by Crippen LogP contribution is -2.10. The molecule has 1 N–H and O–H groups in total. The number of thiophene rings is 1. The first-order valence-corrected chi connectivity index (χ1v) is 7.80. The zero-order chi connectivity index (χ0) is 16.3. The van der Waals surface area contributed by atoms with E-state index in [-0.39, 0.29) is 15.7 Å². The third kappa shape index (κ3) is 5.05. The van der Waals surface area contributed by atoms with E-state index in [4.69, 9.17) is 10.00 Å². The molecule has 0 fully saturated rings. The molecular formula is C16H23NO3S. The SMILES string of the molecule is CC(C)(C#N)CCCOc1cc(C(C)(C)C)sc1C(=O)O. The fourth-order valence-corrected chi connectivity index (χ4v) is 2.75. The third-order valence-electron chi connectivity index (χ3n) is 3.14. The first-order valence-electron chi connectivity index (χ1n) is 6.98. The van der Waals surface area contributed by atoms with Gasteiger partial charge in [-0.3, -0.25) is 0 Å². The number of nitrogens with zero attached hydrogens (tertiary/aromatic N) is 1. The van der Waals surface area contributed by atoms with Gasteiger partial charge in [-0.15, -0.1) is 11.3 Å². The zero-order valence-corrected chi connectivity index (χ0v) is 14.1. The number of nitriles is 1. The van der Waals surface area contributed by atoms with Gasteiger partial charge in [0, 0.05) is 4.88 Å². The van der Waals surface area contributed by atoms with Crippen LogP contribution in [0.15, 0.2) is 6.07 Å². The fourth-order valence-electron chi connectivity index (χ4n) is 1.75. The van der Waals surface area contributed by atoms with Crippen LogP contribution in [0.2, 0.25) is 0 Å². The predicted molar refractivity (Wildman–Crippen MR) is 84.1 cm³/mol. The van der Waals surface area contributed by atoms with Gasteiger partial charge in [0.15, 0.2) is 4.88 Å². The van der Waals surface area contributed by atoms with Crippen LogP contribution in [-0.2, 0) is 5.41 Å². The van der Waals surface area contributed by atoms with Crippen LogP contribution in [0.3, 0.4) is 0 Å². The maximum atomic E-state index is 11.3. The Kier molecular flexibility index (Phi) is 5.41. The highest BCUT2D eigenvalue weighted by Gasteiger charge is 2.24. The van der Waals surface area contributed by atoms with Crippen molar-refractivity contribution in [3.8, 4) is 11.8 Å². The quantitative estimate of drug-likeness (QED) is 0.788. The summed E-state index contributed by atoms with van der Waals surface area (Å²) >= 11 is 1.27. The molecule has 1 rings (SSSR count). The van der Waals surface area contributed by atoms with E-state index in [1.165, 1.54) is 11.3 Å². The Labute approximate surface area is 130 Å². The van der Waals surface area contributed by atoms with Gasteiger partial charge in [0.1, 0.15) is 5.75 Å². The second-order valence-corrected chi connectivity index (χ2v) is 7.86. The number of rotatable bonds is 6. The molecule has 0 bridgehead atoms. The highest BCUT2D eigenvalue weighted by atomic mass is 32.1. The highest BCUT2D eigenvalue weighted by Crippen LogP contribution is 2.37. The summed E-state index contributed by atoms with van der Waals surface area (Å²) in [6.07, 6.45) is 1.45. The summed E-state index contributed by atoms with van der Waals surface area (Å²) in [4.78, 5) is 12.5. The van der Waals surface area contributed by atoms with Crippen LogP contribution in [0.5, 0.6) is 5.75 Å². The third-order valence-corrected chi connectivity index (χ3v) is 4.67. The van der Waals surface area contributed by atoms with E-state index in [0.29, 0.717) is 12.4 Å². The minimum absolute atomic E-state index is 0.0979. The van der Waals surface area contributed by atoms with Gasteiger partial charge in [0.05, 0.1) is 18.1 Å². The van der Waals surface area contributed by atoms with E-state index < -0.39 is 5.97 Å². The molecule has 0 aromatic carbocycles. The molecule has 4 nitrogen and oxygen atoms in total. The van der Waals surface area contributed by atoms with Gasteiger partial charge < -0.3 is 9.84 Å². The largest absolute Gasteiger partial charge is 0.492 e. The molecule has 0 aliphatic rings. The lowest BCUT2D eigenvalue weighted by molar-refractivity contribution is 0.0698. The Morgan fingerprint density at radius 3 is 2.48 bits per heavy atom. The number of hydrogen-bond donors (Lipinski definition) is 1. The molecule has 0 radical (unpaired) electrons. The van der Waals surface area contributed by atoms with Crippen molar-refractivity contribution in [3.05, 3.63) is 15.8 Å². The summed E-state index contributed by atoms with van der Waals surface area (Å²) in [7, 11) is 0. The molecule has 0 saturated heterocycles. The van der Waals surface area contributed by atoms with E-state index in [1.54, 1.807) is 0 Å². The van der Waals surface area contributed by atoms with Crippen molar-refractivity contribution in [3.63, 3.8) is 0 Å². The topological polar surface area (TPSA) is 70.3 Å². The van der Waals surface area contributed by atoms with Crippen molar-refractivity contribution < 1.29 is 14.6 Å². The number of carboxylic acid groups (broad SMARTS) is 1. The predicted octanol–water partition coefficient (Wildman–Crippen LogP) is 4.45. The van der Waals surface area contributed by atoms with Gasteiger partial charge in [-0.05, 0) is 38.2 Å². The van der Waals surface area contributed by atoms with E-state index >= 15 is 0 Å². The standard InChI is InChI=1S/C16H23NO3S/c1-15(2,3)12-9-11(13(21-12)14(18)19)20-8-6-7-16(4,5)10-17/h9H,6-8H2,1-5H3,(H,18,19). The number of hydrogen-bond acceptors (Lipinski definition) is 4. The van der Waals surface area contributed by atoms with Crippen LogP contribution < -0.4 is 4.74 Å². The van der Waals surface area contributed by atoms with Crippen LogP contribution in [0, 0.1) is 16.7 Å². The molecule has 0 aliphatic carbocycles. The van der Waals surface area contributed by atoms with E-state index in [9.17, 15) is 9.90 Å². The molecule has 0 atom stereocenters. The van der Waals surface area contributed by atoms with Crippen molar-refractivity contribution >= 4 is 17.3 Å². The first kappa shape index (κ1) is 17.5. The Morgan fingerprint density at radius 1 is 1.38 bits per heavy atom. The summed E-state index contributed by atoms with van der Waals surface area (Å²) in [6, 6.07) is 4.07. The molecule has 0 aliphatic heterocycles. The molecule has 1 heterocycles. The van der Waals surface area contributed by atoms with Gasteiger partial charge in [0.2, 0.25) is 0 Å². The fraction of sp³-hybridized carbons (Fsp3) is 0.625. The molecule has 0 amide bonds. The van der Waals surface area contributed by atoms with Crippen molar-refractivity contribution in [2.24, 2.45) is 5.41 Å². The van der Waals surface area contributed by atoms with Crippen LogP contribution in [0.4, 0.5) is 0 Å². The zero-order valence-electron chi connectivity index (χ0n) is 13.3. The Morgan fingerprint density at radius 2 is 2.00 bits per heavy atom. The van der Waals surface area contributed by atoms with E-state index in [2.05, 4.69) is 6.07 Å². The number of ether oxygens (including phenoxy) is 1. The monoisotopic (exact) mass is 309 g/mol. The Bertz CT molecular complexity index is 547. The average Bonchev–Trinajstić information content (AvgIpc) is 2.79. The second-order valence-electron chi connectivity index (χ2n) is 6.81. The van der Waals surface area contributed by atoms with Gasteiger partial charge in [-0.1, -0.05) is 20.8 Å². The van der Waals surface area contributed by atoms with Gasteiger partial charge in [0.25, 0.3) is 0 Å². The molecule has 0 spiro atoms. The number of carboxylic acids is 1. The van der Waals surface area contributed by atoms with Crippen molar-refractivity contribution in [2.45, 2.75) is 52.9 Å². The minimum atomic E-state index is -0.956. The molecular weight excluding hydrogens is 286 g/mol. The highest BCUT2D eigenvalue weighted by molar-refractivity contribution is 7.14. The normalized spacial score (nSPS) is 12.0. The Hall–Kier alpha value is -1.54. The summed E-state index contributed by atoms with van der Waals surface area (Å²) in [6.45, 7) is 10.3. The molecule has 1 aromatic rings. The van der Waals surface area contributed by atoms with Crippen LogP contribution >= 0.6 is 11.3 Å². The lowest BCUT2D eigenvalue weighted by atomic mass is 9.90. The number of carbonyl (C=O) groups is 1. The molecule has 0 unspecified atom stereocenters. The average molecular weight is 309 g/mol. The summed E-state index contributed by atoms with van der Waals surface area (Å²) in [5.74, 6) is -0.518. The molecule has 0 saturated carbocycles. The molecule has 21 heavy (non-hydrogen) atoms. The van der Waals surface area contributed by atoms with Crippen LogP contribution in [0.1, 0.15) is 62.0 Å². The smallest absolute Gasteiger partial charge is 0.349 e. The van der Waals surface area contributed by atoms with E-state index in [1.807, 2.05) is 40.7 Å². The van der Waals surface area contributed by atoms with Crippen molar-refractivity contribution in [2.75, 3.05) is 6.61 Å². The van der Waals surface area contributed by atoms with Crippen molar-refractivity contribution in [1.82, 2.24) is 0 Å². The van der Waals surface area contributed by atoms with Crippen molar-refractivity contribution in [1.29, 1.82) is 5.26 Å². The van der Waals surface area contributed by atoms with Gasteiger partial charge >= 0.3 is 5.97 Å². The van der Waals surface area contributed by atoms with Crippen LogP contribution in [0.25, 0.3) is 0 Å². The lowest BCUT2D eigenvalue weighted by Gasteiger charge is -2.15. The molecule has 5 heteroatoms. The summed E-state index contributed by atoms with van der Waals surface area (Å²) in [5.41, 5.74) is -0.469. The Balaban J connectivity index is 2.73. The minimum Gasteiger partial charge on any atom is -0.492 e.